The fourth-order valence-corrected chi connectivity index (χ4v) is 2.68. The van der Waals surface area contributed by atoms with Crippen LogP contribution in [-0.2, 0) is 6.61 Å². The van der Waals surface area contributed by atoms with Crippen molar-refractivity contribution in [3.8, 4) is 5.75 Å². The molecule has 0 aliphatic rings. The predicted molar refractivity (Wildman–Crippen MR) is 102 cm³/mol. The summed E-state index contributed by atoms with van der Waals surface area (Å²) in [6, 6.07) is 14.2. The highest BCUT2D eigenvalue weighted by molar-refractivity contribution is 7.71. The molecule has 3 rings (SSSR count). The van der Waals surface area contributed by atoms with Gasteiger partial charge in [-0.05, 0) is 49.7 Å². The van der Waals surface area contributed by atoms with Crippen molar-refractivity contribution < 1.29 is 4.74 Å². The van der Waals surface area contributed by atoms with Gasteiger partial charge in [0.15, 0.2) is 5.82 Å². The third-order valence-corrected chi connectivity index (χ3v) is 4.14. The Hall–Kier alpha value is -2.73. The molecule has 1 N–H and O–H groups in total. The van der Waals surface area contributed by atoms with Gasteiger partial charge < -0.3 is 4.74 Å². The molecule has 5 nitrogen and oxygen atoms in total. The van der Waals surface area contributed by atoms with Gasteiger partial charge in [0.05, 0.1) is 6.21 Å². The summed E-state index contributed by atoms with van der Waals surface area (Å²) in [4.78, 5) is 0. The number of hydrogen-bond donors (Lipinski definition) is 1. The first-order valence-corrected chi connectivity index (χ1v) is 8.42. The first-order chi connectivity index (χ1) is 12.0. The van der Waals surface area contributed by atoms with E-state index in [9.17, 15) is 0 Å². The second-order valence-corrected chi connectivity index (χ2v) is 6.31. The van der Waals surface area contributed by atoms with Crippen molar-refractivity contribution in [3.05, 3.63) is 75.3 Å². The van der Waals surface area contributed by atoms with E-state index in [1.165, 1.54) is 5.56 Å². The SMILES string of the molecule is Cc1ccc(/C=N\n2c(COc3c(C)cccc3C)n[nH]c2=S)cc1. The molecule has 25 heavy (non-hydrogen) atoms. The van der Waals surface area contributed by atoms with Crippen LogP contribution in [0.25, 0.3) is 0 Å². The fourth-order valence-electron chi connectivity index (χ4n) is 2.48. The van der Waals surface area contributed by atoms with Gasteiger partial charge in [-0.15, -0.1) is 0 Å². The van der Waals surface area contributed by atoms with Crippen molar-refractivity contribution in [2.45, 2.75) is 27.4 Å². The largest absolute Gasteiger partial charge is 0.485 e. The second kappa shape index (κ2) is 7.44. The van der Waals surface area contributed by atoms with E-state index in [4.69, 9.17) is 17.0 Å². The van der Waals surface area contributed by atoms with E-state index in [1.807, 2.05) is 56.3 Å². The van der Waals surface area contributed by atoms with E-state index in [0.29, 0.717) is 10.6 Å². The van der Waals surface area contributed by atoms with Gasteiger partial charge in [0, 0.05) is 0 Å². The van der Waals surface area contributed by atoms with E-state index < -0.39 is 0 Å². The zero-order valence-electron chi connectivity index (χ0n) is 14.5. The third-order valence-electron chi connectivity index (χ3n) is 3.87. The summed E-state index contributed by atoms with van der Waals surface area (Å²) < 4.78 is 7.97. The molecule has 1 aromatic heterocycles. The number of aromatic nitrogens is 3. The standard InChI is InChI=1S/C19H20N4OS/c1-13-7-9-16(10-8-13)11-20-23-17(21-22-19(23)25)12-24-18-14(2)5-4-6-15(18)3/h4-11H,12H2,1-3H3,(H,22,25)/b20-11-. The van der Waals surface area contributed by atoms with E-state index in [2.05, 4.69) is 22.2 Å². The van der Waals surface area contributed by atoms with Gasteiger partial charge in [-0.1, -0.05) is 48.0 Å². The van der Waals surface area contributed by atoms with Crippen LogP contribution in [-0.4, -0.2) is 21.1 Å². The molecule has 0 bridgehead atoms. The summed E-state index contributed by atoms with van der Waals surface area (Å²) in [5.41, 5.74) is 4.38. The highest BCUT2D eigenvalue weighted by Crippen LogP contribution is 2.23. The van der Waals surface area contributed by atoms with Crippen LogP contribution in [0.3, 0.4) is 0 Å². The van der Waals surface area contributed by atoms with Gasteiger partial charge in [-0.2, -0.15) is 14.9 Å². The average molecular weight is 352 g/mol. The molecule has 0 unspecified atom stereocenters. The Labute approximate surface area is 152 Å². The van der Waals surface area contributed by atoms with Gasteiger partial charge >= 0.3 is 0 Å². The first-order valence-electron chi connectivity index (χ1n) is 8.01. The van der Waals surface area contributed by atoms with Crippen LogP contribution in [0.15, 0.2) is 47.6 Å². The molecule has 0 saturated carbocycles. The van der Waals surface area contributed by atoms with Crippen LogP contribution in [0.2, 0.25) is 0 Å². The Morgan fingerprint density at radius 1 is 1.12 bits per heavy atom. The van der Waals surface area contributed by atoms with Gasteiger partial charge in [0.1, 0.15) is 12.4 Å². The maximum atomic E-state index is 5.95. The van der Waals surface area contributed by atoms with Gasteiger partial charge in [-0.25, -0.2) is 5.10 Å². The van der Waals surface area contributed by atoms with Gasteiger partial charge in [0.25, 0.3) is 0 Å². The van der Waals surface area contributed by atoms with Crippen LogP contribution in [0.4, 0.5) is 0 Å². The van der Waals surface area contributed by atoms with Gasteiger partial charge in [0.2, 0.25) is 4.77 Å². The highest BCUT2D eigenvalue weighted by Gasteiger charge is 2.09. The zero-order valence-corrected chi connectivity index (χ0v) is 15.3. The van der Waals surface area contributed by atoms with E-state index >= 15 is 0 Å². The molecule has 0 atom stereocenters. The van der Waals surface area contributed by atoms with E-state index in [0.717, 1.165) is 22.4 Å². The first kappa shape index (κ1) is 17.1. The molecular weight excluding hydrogens is 332 g/mol. The molecule has 0 saturated heterocycles. The minimum Gasteiger partial charge on any atom is -0.485 e. The van der Waals surface area contributed by atoms with Crippen LogP contribution in [0.1, 0.15) is 28.1 Å². The molecule has 1 heterocycles. The Kier molecular flexibility index (Phi) is 5.09. The molecule has 2 aromatic carbocycles. The van der Waals surface area contributed by atoms with Crippen molar-refractivity contribution >= 4 is 18.4 Å². The third kappa shape index (κ3) is 4.03. The van der Waals surface area contributed by atoms with Gasteiger partial charge in [-0.3, -0.25) is 0 Å². The summed E-state index contributed by atoms with van der Waals surface area (Å²) >= 11 is 5.27. The maximum absolute atomic E-state index is 5.95. The average Bonchev–Trinajstić information content (AvgIpc) is 2.94. The topological polar surface area (TPSA) is 55.2 Å². The molecule has 0 aliphatic heterocycles. The number of aromatic amines is 1. The molecule has 0 radical (unpaired) electrons. The highest BCUT2D eigenvalue weighted by atomic mass is 32.1. The number of nitrogens with one attached hydrogen (secondary N) is 1. The smallest absolute Gasteiger partial charge is 0.216 e. The minimum atomic E-state index is 0.282. The zero-order chi connectivity index (χ0) is 17.8. The molecule has 0 fully saturated rings. The molecule has 128 valence electrons. The Bertz CT molecular complexity index is 934. The lowest BCUT2D eigenvalue weighted by Crippen LogP contribution is -2.05. The Morgan fingerprint density at radius 3 is 2.48 bits per heavy atom. The molecule has 6 heteroatoms. The number of hydrogen-bond acceptors (Lipinski definition) is 4. The minimum absolute atomic E-state index is 0.282. The predicted octanol–water partition coefficient (Wildman–Crippen LogP) is 4.33. The number of rotatable bonds is 5. The van der Waals surface area contributed by atoms with Crippen LogP contribution >= 0.6 is 12.2 Å². The van der Waals surface area contributed by atoms with Crippen molar-refractivity contribution in [1.29, 1.82) is 0 Å². The summed E-state index contributed by atoms with van der Waals surface area (Å²) in [6.07, 6.45) is 1.76. The van der Waals surface area contributed by atoms with Crippen LogP contribution < -0.4 is 4.74 Å². The summed E-state index contributed by atoms with van der Waals surface area (Å²) in [5, 5.41) is 11.4. The van der Waals surface area contributed by atoms with Crippen molar-refractivity contribution in [2.24, 2.45) is 5.10 Å². The van der Waals surface area contributed by atoms with E-state index in [1.54, 1.807) is 10.9 Å². The number of benzene rings is 2. The fraction of sp³-hybridized carbons (Fsp3) is 0.211. The van der Waals surface area contributed by atoms with Crippen molar-refractivity contribution in [1.82, 2.24) is 14.9 Å². The number of para-hydroxylation sites is 1. The molecular formula is C19H20N4OS. The lowest BCUT2D eigenvalue weighted by molar-refractivity contribution is 0.287. The lowest BCUT2D eigenvalue weighted by atomic mass is 10.1. The van der Waals surface area contributed by atoms with E-state index in [-0.39, 0.29) is 6.61 Å². The quantitative estimate of drug-likeness (QED) is 0.549. The number of H-pyrrole nitrogens is 1. The molecule has 0 amide bonds. The summed E-state index contributed by atoms with van der Waals surface area (Å²) in [5.74, 6) is 1.49. The van der Waals surface area contributed by atoms with Crippen LogP contribution in [0, 0.1) is 25.5 Å². The monoisotopic (exact) mass is 352 g/mol. The Balaban J connectivity index is 1.80. The summed E-state index contributed by atoms with van der Waals surface area (Å²) in [7, 11) is 0. The summed E-state index contributed by atoms with van der Waals surface area (Å²) in [6.45, 7) is 6.38. The second-order valence-electron chi connectivity index (χ2n) is 5.92. The molecule has 0 spiro atoms. The van der Waals surface area contributed by atoms with Crippen LogP contribution in [0.5, 0.6) is 5.75 Å². The number of ether oxygens (including phenoxy) is 1. The Morgan fingerprint density at radius 2 is 1.80 bits per heavy atom. The maximum Gasteiger partial charge on any atom is 0.216 e. The van der Waals surface area contributed by atoms with Crippen molar-refractivity contribution in [2.75, 3.05) is 0 Å². The lowest BCUT2D eigenvalue weighted by Gasteiger charge is -2.11. The number of aryl methyl sites for hydroxylation is 3. The number of nitrogens with zero attached hydrogens (tertiary/aromatic N) is 3. The van der Waals surface area contributed by atoms with Crippen molar-refractivity contribution in [3.63, 3.8) is 0 Å². The normalized spacial score (nSPS) is 11.2. The molecule has 0 aliphatic carbocycles. The molecule has 3 aromatic rings.